The number of imidazole rings is 1. The molecule has 0 spiro atoms. The highest BCUT2D eigenvalue weighted by molar-refractivity contribution is 7.16. The fourth-order valence-corrected chi connectivity index (χ4v) is 2.39. The van der Waals surface area contributed by atoms with Gasteiger partial charge in [-0.25, -0.2) is 13.9 Å². The predicted molar refractivity (Wildman–Crippen MR) is 70.0 cm³/mol. The van der Waals surface area contributed by atoms with E-state index in [0.717, 1.165) is 5.01 Å². The van der Waals surface area contributed by atoms with Crippen molar-refractivity contribution in [2.45, 2.75) is 6.92 Å². The third-order valence-corrected chi connectivity index (χ3v) is 3.30. The van der Waals surface area contributed by atoms with Crippen LogP contribution in [-0.2, 0) is 0 Å². The standard InChI is InChI=1S/C12H9FN4OS/c1-7-16-17-6-10(15-12(17)19-7)11(18)14-9-4-2-3-8(13)5-9/h2-6H,1H3,(H,14,18). The van der Waals surface area contributed by atoms with Crippen LogP contribution < -0.4 is 5.32 Å². The molecule has 0 radical (unpaired) electrons. The number of carbonyl (C=O) groups is 1. The zero-order valence-electron chi connectivity index (χ0n) is 9.92. The molecule has 3 aromatic rings. The Labute approximate surface area is 111 Å². The average molecular weight is 276 g/mol. The van der Waals surface area contributed by atoms with Crippen LogP contribution >= 0.6 is 11.3 Å². The Morgan fingerprint density at radius 2 is 2.32 bits per heavy atom. The zero-order valence-corrected chi connectivity index (χ0v) is 10.7. The molecule has 1 N–H and O–H groups in total. The Hall–Kier alpha value is -2.28. The maximum absolute atomic E-state index is 13.0. The van der Waals surface area contributed by atoms with Crippen LogP contribution in [0.1, 0.15) is 15.5 Å². The van der Waals surface area contributed by atoms with Crippen LogP contribution in [0.4, 0.5) is 10.1 Å². The third-order valence-electron chi connectivity index (χ3n) is 2.46. The SMILES string of the molecule is Cc1nn2cc(C(=O)Nc3cccc(F)c3)nc2s1. The molecular weight excluding hydrogens is 267 g/mol. The smallest absolute Gasteiger partial charge is 0.275 e. The number of carbonyl (C=O) groups excluding carboxylic acids is 1. The number of halogens is 1. The largest absolute Gasteiger partial charge is 0.320 e. The minimum Gasteiger partial charge on any atom is -0.320 e. The number of hydrogen-bond donors (Lipinski definition) is 1. The molecule has 5 nitrogen and oxygen atoms in total. The van der Waals surface area contributed by atoms with Gasteiger partial charge in [0.05, 0.1) is 6.20 Å². The molecule has 0 unspecified atom stereocenters. The maximum Gasteiger partial charge on any atom is 0.275 e. The summed E-state index contributed by atoms with van der Waals surface area (Å²) in [6.45, 7) is 1.87. The number of amides is 1. The number of rotatable bonds is 2. The van der Waals surface area contributed by atoms with Crippen LogP contribution in [0.25, 0.3) is 4.96 Å². The van der Waals surface area contributed by atoms with Gasteiger partial charge in [0, 0.05) is 5.69 Å². The highest BCUT2D eigenvalue weighted by Gasteiger charge is 2.13. The second-order valence-corrected chi connectivity index (χ2v) is 5.10. The summed E-state index contributed by atoms with van der Waals surface area (Å²) in [6.07, 6.45) is 1.55. The molecular formula is C12H9FN4OS. The normalized spacial score (nSPS) is 10.8. The van der Waals surface area contributed by atoms with Crippen LogP contribution in [0.5, 0.6) is 0 Å². The Balaban J connectivity index is 1.85. The van der Waals surface area contributed by atoms with Gasteiger partial charge in [-0.05, 0) is 25.1 Å². The maximum atomic E-state index is 13.0. The van der Waals surface area contributed by atoms with Gasteiger partial charge in [0.25, 0.3) is 5.91 Å². The molecule has 7 heteroatoms. The monoisotopic (exact) mass is 276 g/mol. The van der Waals surface area contributed by atoms with Gasteiger partial charge in [-0.15, -0.1) is 0 Å². The first kappa shape index (κ1) is 11.8. The van der Waals surface area contributed by atoms with Gasteiger partial charge < -0.3 is 5.32 Å². The van der Waals surface area contributed by atoms with E-state index in [0.29, 0.717) is 10.6 Å². The highest BCUT2D eigenvalue weighted by atomic mass is 32.1. The third kappa shape index (κ3) is 2.32. The van der Waals surface area contributed by atoms with Crippen LogP contribution in [0, 0.1) is 12.7 Å². The molecule has 0 aliphatic rings. The fourth-order valence-electron chi connectivity index (χ4n) is 1.67. The molecule has 0 aliphatic heterocycles. The van der Waals surface area contributed by atoms with Crippen LogP contribution in [0.2, 0.25) is 0 Å². The second kappa shape index (κ2) is 4.43. The topological polar surface area (TPSA) is 59.3 Å². The molecule has 0 atom stereocenters. The van der Waals surface area contributed by atoms with Crippen molar-refractivity contribution in [2.75, 3.05) is 5.32 Å². The quantitative estimate of drug-likeness (QED) is 0.782. The first-order chi connectivity index (χ1) is 9.11. The van der Waals surface area contributed by atoms with Gasteiger partial charge >= 0.3 is 0 Å². The lowest BCUT2D eigenvalue weighted by Crippen LogP contribution is -2.12. The van der Waals surface area contributed by atoms with E-state index < -0.39 is 5.82 Å². The number of aryl methyl sites for hydroxylation is 1. The van der Waals surface area contributed by atoms with Crippen LogP contribution in [-0.4, -0.2) is 20.5 Å². The fraction of sp³-hybridized carbons (Fsp3) is 0.0833. The Bertz CT molecular complexity index is 733. The van der Waals surface area contributed by atoms with Gasteiger partial charge in [-0.2, -0.15) is 5.10 Å². The van der Waals surface area contributed by atoms with E-state index in [1.54, 1.807) is 16.8 Å². The number of nitrogens with one attached hydrogen (secondary N) is 1. The summed E-state index contributed by atoms with van der Waals surface area (Å²) >= 11 is 1.40. The van der Waals surface area contributed by atoms with Crippen molar-refractivity contribution in [3.63, 3.8) is 0 Å². The van der Waals surface area contributed by atoms with Gasteiger partial charge in [-0.1, -0.05) is 17.4 Å². The lowest BCUT2D eigenvalue weighted by Gasteiger charge is -2.02. The number of nitrogens with zero attached hydrogens (tertiary/aromatic N) is 3. The van der Waals surface area contributed by atoms with Crippen molar-refractivity contribution in [1.29, 1.82) is 0 Å². The van der Waals surface area contributed by atoms with Crippen molar-refractivity contribution in [3.05, 3.63) is 47.0 Å². The molecule has 0 fully saturated rings. The number of fused-ring (bicyclic) bond motifs is 1. The van der Waals surface area contributed by atoms with E-state index in [2.05, 4.69) is 15.4 Å². The first-order valence-electron chi connectivity index (χ1n) is 5.51. The highest BCUT2D eigenvalue weighted by Crippen LogP contribution is 2.15. The predicted octanol–water partition coefficient (Wildman–Crippen LogP) is 2.49. The van der Waals surface area contributed by atoms with E-state index in [1.165, 1.54) is 29.5 Å². The summed E-state index contributed by atoms with van der Waals surface area (Å²) in [4.78, 5) is 16.8. The van der Waals surface area contributed by atoms with Crippen molar-refractivity contribution < 1.29 is 9.18 Å². The Morgan fingerprint density at radius 3 is 3.05 bits per heavy atom. The van der Waals surface area contributed by atoms with E-state index in [4.69, 9.17) is 0 Å². The molecule has 3 rings (SSSR count). The molecule has 1 aromatic carbocycles. The van der Waals surface area contributed by atoms with Crippen LogP contribution in [0.3, 0.4) is 0 Å². The number of hydrogen-bond acceptors (Lipinski definition) is 4. The molecule has 0 aliphatic carbocycles. The number of benzene rings is 1. The molecule has 0 saturated heterocycles. The number of anilines is 1. The van der Waals surface area contributed by atoms with Gasteiger partial charge in [0.2, 0.25) is 4.96 Å². The summed E-state index contributed by atoms with van der Waals surface area (Å²) in [5.74, 6) is -0.790. The molecule has 19 heavy (non-hydrogen) atoms. The van der Waals surface area contributed by atoms with Gasteiger partial charge in [0.15, 0.2) is 0 Å². The van der Waals surface area contributed by atoms with E-state index in [9.17, 15) is 9.18 Å². The molecule has 2 aromatic heterocycles. The summed E-state index contributed by atoms with van der Waals surface area (Å²) in [5, 5.41) is 7.63. The van der Waals surface area contributed by atoms with Crippen LogP contribution in [0.15, 0.2) is 30.5 Å². The lowest BCUT2D eigenvalue weighted by atomic mass is 10.3. The Morgan fingerprint density at radius 1 is 1.47 bits per heavy atom. The van der Waals surface area contributed by atoms with Crippen molar-refractivity contribution >= 4 is 27.9 Å². The Kier molecular flexibility index (Phi) is 2.75. The minimum atomic E-state index is -0.402. The molecule has 0 saturated carbocycles. The summed E-state index contributed by atoms with van der Waals surface area (Å²) < 4.78 is 14.6. The summed E-state index contributed by atoms with van der Waals surface area (Å²) in [5.41, 5.74) is 0.647. The van der Waals surface area contributed by atoms with Crippen molar-refractivity contribution in [2.24, 2.45) is 0 Å². The molecule has 0 bridgehead atoms. The number of aromatic nitrogens is 3. The average Bonchev–Trinajstić information content (AvgIpc) is 2.86. The first-order valence-corrected chi connectivity index (χ1v) is 6.33. The minimum absolute atomic E-state index is 0.253. The summed E-state index contributed by atoms with van der Waals surface area (Å²) in [6, 6.07) is 5.71. The lowest BCUT2D eigenvalue weighted by molar-refractivity contribution is 0.102. The van der Waals surface area contributed by atoms with E-state index in [-0.39, 0.29) is 11.6 Å². The van der Waals surface area contributed by atoms with Gasteiger partial charge in [-0.3, -0.25) is 4.79 Å². The molecule has 2 heterocycles. The van der Waals surface area contributed by atoms with E-state index in [1.807, 2.05) is 6.92 Å². The molecule has 1 amide bonds. The summed E-state index contributed by atoms with van der Waals surface area (Å²) in [7, 11) is 0. The van der Waals surface area contributed by atoms with Crippen molar-refractivity contribution in [3.8, 4) is 0 Å². The molecule has 96 valence electrons. The zero-order chi connectivity index (χ0) is 13.4. The van der Waals surface area contributed by atoms with E-state index >= 15 is 0 Å². The van der Waals surface area contributed by atoms with Gasteiger partial charge in [0.1, 0.15) is 16.5 Å². The second-order valence-electron chi connectivity index (χ2n) is 3.94. The van der Waals surface area contributed by atoms with Crippen molar-refractivity contribution in [1.82, 2.24) is 14.6 Å².